The molecule has 48 heavy (non-hydrogen) atoms. The highest BCUT2D eigenvalue weighted by molar-refractivity contribution is 5.76. The Morgan fingerprint density at radius 3 is 1.71 bits per heavy atom. The molecule has 280 valence electrons. The highest BCUT2D eigenvalue weighted by Crippen LogP contribution is 2.22. The fraction of sp³-hybridized carbons (Fsp3) is 0.821. The number of aliphatic hydroxyl groups excluding tert-OH is 5. The summed E-state index contributed by atoms with van der Waals surface area (Å²) in [5.74, 6) is -0.195. The van der Waals surface area contributed by atoms with Crippen molar-refractivity contribution in [2.45, 2.75) is 192 Å². The molecule has 9 heteroatoms. The quantitative estimate of drug-likeness (QED) is 0.0370. The molecule has 0 aliphatic carbocycles. The van der Waals surface area contributed by atoms with Gasteiger partial charge in [-0.1, -0.05) is 140 Å². The first kappa shape index (κ1) is 44.4. The molecule has 0 aromatic rings. The molecule has 7 unspecified atom stereocenters. The predicted octanol–water partition coefficient (Wildman–Crippen LogP) is 6.55. The van der Waals surface area contributed by atoms with Crippen molar-refractivity contribution in [2.24, 2.45) is 0 Å². The van der Waals surface area contributed by atoms with Gasteiger partial charge in [0.15, 0.2) is 6.29 Å². The number of carbonyl (C=O) groups excluding carboxylic acids is 1. The Morgan fingerprint density at radius 2 is 1.19 bits per heavy atom. The second kappa shape index (κ2) is 30.3. The van der Waals surface area contributed by atoms with E-state index in [1.54, 1.807) is 6.08 Å². The van der Waals surface area contributed by atoms with E-state index in [0.717, 1.165) is 57.8 Å². The Morgan fingerprint density at radius 1 is 0.688 bits per heavy atom. The molecule has 1 rings (SSSR count). The van der Waals surface area contributed by atoms with Gasteiger partial charge in [-0.15, -0.1) is 0 Å². The summed E-state index contributed by atoms with van der Waals surface area (Å²) in [6.07, 6.45) is 27.6. The zero-order valence-electron chi connectivity index (χ0n) is 30.2. The molecular formula is C39H71NO8. The van der Waals surface area contributed by atoms with E-state index in [9.17, 15) is 30.3 Å². The molecule has 6 N–H and O–H groups in total. The zero-order valence-corrected chi connectivity index (χ0v) is 30.2. The van der Waals surface area contributed by atoms with E-state index in [-0.39, 0.29) is 12.5 Å². The standard InChI is InChI=1S/C39H71NO8/c1-3-5-7-9-11-13-15-16-17-19-21-23-25-27-29-35(43)40-32(31-47-39-38(46)37(45)36(44)34(30-41)48-39)33(42)28-26-24-22-20-18-14-12-10-8-6-4-2/h8,10,18,20,26,28,32-34,36-39,41-42,44-46H,3-7,9,11-17,19,21-25,27,29-31H2,1-2H3,(H,40,43)/b10-8+,20-18+,28-26+. The average Bonchev–Trinajstić information content (AvgIpc) is 3.08. The van der Waals surface area contributed by atoms with E-state index in [2.05, 4.69) is 43.5 Å². The Bertz CT molecular complexity index is 848. The summed E-state index contributed by atoms with van der Waals surface area (Å²) in [6.45, 7) is 3.64. The number of hydrogen-bond acceptors (Lipinski definition) is 8. The van der Waals surface area contributed by atoms with Crippen LogP contribution in [0.4, 0.5) is 0 Å². The van der Waals surface area contributed by atoms with E-state index in [4.69, 9.17) is 9.47 Å². The van der Waals surface area contributed by atoms with Gasteiger partial charge in [-0.2, -0.15) is 0 Å². The van der Waals surface area contributed by atoms with Crippen LogP contribution in [-0.4, -0.2) is 87.5 Å². The molecule has 1 fully saturated rings. The monoisotopic (exact) mass is 682 g/mol. The van der Waals surface area contributed by atoms with Crippen molar-refractivity contribution in [1.82, 2.24) is 5.32 Å². The van der Waals surface area contributed by atoms with Gasteiger partial charge in [-0.3, -0.25) is 4.79 Å². The van der Waals surface area contributed by atoms with Crippen LogP contribution < -0.4 is 5.32 Å². The lowest BCUT2D eigenvalue weighted by Crippen LogP contribution is -2.60. The van der Waals surface area contributed by atoms with Crippen molar-refractivity contribution >= 4 is 5.91 Å². The minimum Gasteiger partial charge on any atom is -0.394 e. The van der Waals surface area contributed by atoms with Crippen LogP contribution in [0.2, 0.25) is 0 Å². The smallest absolute Gasteiger partial charge is 0.220 e. The first-order valence-electron chi connectivity index (χ1n) is 19.2. The van der Waals surface area contributed by atoms with Crippen LogP contribution in [0.15, 0.2) is 36.5 Å². The molecule has 7 atom stereocenters. The number of aliphatic hydroxyl groups is 5. The van der Waals surface area contributed by atoms with Crippen molar-refractivity contribution < 1.29 is 39.8 Å². The van der Waals surface area contributed by atoms with Gasteiger partial charge < -0.3 is 40.3 Å². The normalized spacial score (nSPS) is 23.0. The van der Waals surface area contributed by atoms with Crippen molar-refractivity contribution in [3.05, 3.63) is 36.5 Å². The number of rotatable bonds is 30. The van der Waals surface area contributed by atoms with Crippen LogP contribution in [0.3, 0.4) is 0 Å². The van der Waals surface area contributed by atoms with Crippen LogP contribution in [0, 0.1) is 0 Å². The lowest BCUT2D eigenvalue weighted by Gasteiger charge is -2.40. The average molecular weight is 682 g/mol. The molecule has 0 spiro atoms. The number of carbonyl (C=O) groups is 1. The lowest BCUT2D eigenvalue weighted by molar-refractivity contribution is -0.302. The van der Waals surface area contributed by atoms with Gasteiger partial charge in [-0.05, 0) is 38.5 Å². The molecular weight excluding hydrogens is 610 g/mol. The molecule has 0 aromatic heterocycles. The van der Waals surface area contributed by atoms with E-state index in [1.807, 2.05) is 6.08 Å². The summed E-state index contributed by atoms with van der Waals surface area (Å²) < 4.78 is 11.1. The number of ether oxygens (including phenoxy) is 2. The Hall–Kier alpha value is -1.59. The van der Waals surface area contributed by atoms with Crippen molar-refractivity contribution in [3.63, 3.8) is 0 Å². The Balaban J connectivity index is 2.47. The molecule has 1 amide bonds. The van der Waals surface area contributed by atoms with Gasteiger partial charge in [0, 0.05) is 6.42 Å². The third-order valence-corrected chi connectivity index (χ3v) is 8.93. The summed E-state index contributed by atoms with van der Waals surface area (Å²) in [4.78, 5) is 12.8. The first-order valence-corrected chi connectivity index (χ1v) is 19.2. The molecule has 9 nitrogen and oxygen atoms in total. The maximum absolute atomic E-state index is 12.8. The fourth-order valence-corrected chi connectivity index (χ4v) is 5.78. The molecule has 1 aliphatic heterocycles. The van der Waals surface area contributed by atoms with Gasteiger partial charge in [0.05, 0.1) is 25.4 Å². The second-order valence-corrected chi connectivity index (χ2v) is 13.4. The molecule has 1 saturated heterocycles. The van der Waals surface area contributed by atoms with E-state index in [1.165, 1.54) is 70.6 Å². The summed E-state index contributed by atoms with van der Waals surface area (Å²) in [6, 6.07) is -0.821. The van der Waals surface area contributed by atoms with Gasteiger partial charge >= 0.3 is 0 Å². The number of amides is 1. The first-order chi connectivity index (χ1) is 23.3. The highest BCUT2D eigenvalue weighted by Gasteiger charge is 2.44. The van der Waals surface area contributed by atoms with E-state index in [0.29, 0.717) is 6.42 Å². The minimum atomic E-state index is -1.57. The largest absolute Gasteiger partial charge is 0.394 e. The fourth-order valence-electron chi connectivity index (χ4n) is 5.78. The maximum Gasteiger partial charge on any atom is 0.220 e. The SMILES string of the molecule is CCC/C=C/CC/C=C/CC/C=C/C(O)C(COC1OC(CO)C(O)C(O)C1O)NC(=O)CCCCCCCCCCCCCCCC. The zero-order chi connectivity index (χ0) is 35.2. The molecule has 0 bridgehead atoms. The number of allylic oxidation sites excluding steroid dienone is 5. The summed E-state index contributed by atoms with van der Waals surface area (Å²) in [7, 11) is 0. The molecule has 1 heterocycles. The third-order valence-electron chi connectivity index (χ3n) is 8.93. The number of hydrogen-bond donors (Lipinski definition) is 6. The Kier molecular flexibility index (Phi) is 28.0. The summed E-state index contributed by atoms with van der Waals surface area (Å²) in [5, 5.41) is 53.8. The maximum atomic E-state index is 12.8. The summed E-state index contributed by atoms with van der Waals surface area (Å²) >= 11 is 0. The second-order valence-electron chi connectivity index (χ2n) is 13.4. The van der Waals surface area contributed by atoms with E-state index < -0.39 is 49.5 Å². The lowest BCUT2D eigenvalue weighted by atomic mass is 9.99. The van der Waals surface area contributed by atoms with Crippen LogP contribution >= 0.6 is 0 Å². The molecule has 0 saturated carbocycles. The molecule has 0 aromatic carbocycles. The molecule has 0 radical (unpaired) electrons. The van der Waals surface area contributed by atoms with E-state index >= 15 is 0 Å². The van der Waals surface area contributed by atoms with Gasteiger partial charge in [0.1, 0.15) is 24.4 Å². The van der Waals surface area contributed by atoms with Crippen molar-refractivity contribution in [2.75, 3.05) is 13.2 Å². The Labute approximate surface area is 291 Å². The predicted molar refractivity (Wildman–Crippen MR) is 193 cm³/mol. The van der Waals surface area contributed by atoms with Gasteiger partial charge in [-0.25, -0.2) is 0 Å². The number of nitrogens with one attached hydrogen (secondary N) is 1. The van der Waals surface area contributed by atoms with Gasteiger partial charge in [0.25, 0.3) is 0 Å². The van der Waals surface area contributed by atoms with Gasteiger partial charge in [0.2, 0.25) is 5.91 Å². The van der Waals surface area contributed by atoms with Crippen LogP contribution in [-0.2, 0) is 14.3 Å². The summed E-state index contributed by atoms with van der Waals surface area (Å²) in [5.41, 5.74) is 0. The highest BCUT2D eigenvalue weighted by atomic mass is 16.7. The number of unbranched alkanes of at least 4 members (excludes halogenated alkanes) is 16. The van der Waals surface area contributed by atoms with Crippen LogP contribution in [0.5, 0.6) is 0 Å². The third kappa shape index (κ3) is 21.5. The minimum absolute atomic E-state index is 0.195. The van der Waals surface area contributed by atoms with Crippen molar-refractivity contribution in [1.29, 1.82) is 0 Å². The topological polar surface area (TPSA) is 149 Å². The van der Waals surface area contributed by atoms with Crippen LogP contribution in [0.25, 0.3) is 0 Å². The van der Waals surface area contributed by atoms with Crippen LogP contribution in [0.1, 0.15) is 149 Å². The van der Waals surface area contributed by atoms with Crippen molar-refractivity contribution in [3.8, 4) is 0 Å². The molecule has 1 aliphatic rings.